The number of morpholine rings is 1. The molecule has 106 valence electrons. The van der Waals surface area contributed by atoms with Crippen molar-refractivity contribution in [2.45, 2.75) is 51.4 Å². The van der Waals surface area contributed by atoms with E-state index in [1.165, 1.54) is 4.88 Å². The van der Waals surface area contributed by atoms with Gasteiger partial charge in [-0.3, -0.25) is 4.90 Å². The van der Waals surface area contributed by atoms with Gasteiger partial charge in [0.05, 0.1) is 18.4 Å². The first-order chi connectivity index (χ1) is 9.15. The van der Waals surface area contributed by atoms with Crippen LogP contribution in [0.3, 0.4) is 0 Å². The van der Waals surface area contributed by atoms with Crippen molar-refractivity contribution in [2.75, 3.05) is 19.7 Å². The highest BCUT2D eigenvalue weighted by molar-refractivity contribution is 7.11. The maximum Gasteiger partial charge on any atom is 0.124 e. The molecule has 2 atom stereocenters. The lowest BCUT2D eigenvalue weighted by Crippen LogP contribution is -2.42. The number of hydrogen-bond donors (Lipinski definition) is 1. The third-order valence-corrected chi connectivity index (χ3v) is 5.27. The molecule has 0 radical (unpaired) electrons. The van der Waals surface area contributed by atoms with E-state index < -0.39 is 0 Å². The summed E-state index contributed by atoms with van der Waals surface area (Å²) < 4.78 is 5.88. The number of hydrogen-bond acceptors (Lipinski definition) is 5. The summed E-state index contributed by atoms with van der Waals surface area (Å²) in [6.45, 7) is 7.13. The van der Waals surface area contributed by atoms with Crippen LogP contribution in [0.15, 0.2) is 0 Å². The number of thiazole rings is 1. The van der Waals surface area contributed by atoms with Gasteiger partial charge in [0, 0.05) is 24.0 Å². The number of aliphatic hydroxyl groups excluding tert-OH is 1. The van der Waals surface area contributed by atoms with Crippen molar-refractivity contribution >= 4 is 11.3 Å². The van der Waals surface area contributed by atoms with Gasteiger partial charge in [0.15, 0.2) is 0 Å². The van der Waals surface area contributed by atoms with E-state index in [4.69, 9.17) is 4.74 Å². The first-order valence-electron chi connectivity index (χ1n) is 7.18. The van der Waals surface area contributed by atoms with Crippen LogP contribution in [0.5, 0.6) is 0 Å². The van der Waals surface area contributed by atoms with E-state index in [2.05, 4.69) is 23.7 Å². The Hall–Kier alpha value is -0.490. The van der Waals surface area contributed by atoms with E-state index in [0.717, 1.165) is 49.7 Å². The fraction of sp³-hybridized carbons (Fsp3) is 0.786. The zero-order valence-corrected chi connectivity index (χ0v) is 12.4. The molecule has 19 heavy (non-hydrogen) atoms. The second-order valence-corrected chi connectivity index (χ2v) is 6.83. The third-order valence-electron chi connectivity index (χ3n) is 4.04. The van der Waals surface area contributed by atoms with Crippen LogP contribution in [0.2, 0.25) is 0 Å². The van der Waals surface area contributed by atoms with E-state index in [1.54, 1.807) is 11.3 Å². The van der Waals surface area contributed by atoms with Crippen LogP contribution in [0.25, 0.3) is 0 Å². The molecule has 0 aromatic carbocycles. The first kappa shape index (κ1) is 13.5. The molecule has 3 rings (SSSR count). The number of aromatic nitrogens is 1. The molecule has 0 saturated carbocycles. The van der Waals surface area contributed by atoms with Crippen molar-refractivity contribution in [3.05, 3.63) is 15.6 Å². The highest BCUT2D eigenvalue weighted by Crippen LogP contribution is 2.36. The predicted octanol–water partition coefficient (Wildman–Crippen LogP) is 2.29. The van der Waals surface area contributed by atoms with Gasteiger partial charge in [0.25, 0.3) is 0 Å². The molecule has 1 aromatic heterocycles. The molecule has 1 aliphatic heterocycles. The summed E-state index contributed by atoms with van der Waals surface area (Å²) in [5, 5.41) is 11.1. The van der Waals surface area contributed by atoms with Crippen molar-refractivity contribution in [2.24, 2.45) is 0 Å². The predicted molar refractivity (Wildman–Crippen MR) is 75.4 cm³/mol. The van der Waals surface area contributed by atoms with Crippen LogP contribution in [0.1, 0.15) is 54.5 Å². The molecule has 2 heterocycles. The van der Waals surface area contributed by atoms with Crippen molar-refractivity contribution in [3.63, 3.8) is 0 Å². The van der Waals surface area contributed by atoms with Crippen molar-refractivity contribution in [1.82, 2.24) is 9.88 Å². The highest BCUT2D eigenvalue weighted by atomic mass is 32.1. The summed E-state index contributed by atoms with van der Waals surface area (Å²) in [7, 11) is 0. The summed E-state index contributed by atoms with van der Waals surface area (Å²) in [6.07, 6.45) is 2.70. The van der Waals surface area contributed by atoms with E-state index >= 15 is 0 Å². The minimum absolute atomic E-state index is 0.0824. The summed E-state index contributed by atoms with van der Waals surface area (Å²) in [5.74, 6) is 0. The van der Waals surface area contributed by atoms with Gasteiger partial charge >= 0.3 is 0 Å². The Morgan fingerprint density at radius 2 is 2.32 bits per heavy atom. The maximum absolute atomic E-state index is 10.0. The van der Waals surface area contributed by atoms with Crippen LogP contribution >= 0.6 is 11.3 Å². The van der Waals surface area contributed by atoms with E-state index in [1.807, 2.05) is 0 Å². The molecule has 1 N–H and O–H groups in total. The van der Waals surface area contributed by atoms with Gasteiger partial charge in [0.2, 0.25) is 0 Å². The molecular weight excluding hydrogens is 260 g/mol. The lowest BCUT2D eigenvalue weighted by Gasteiger charge is -2.34. The molecule has 1 aromatic rings. The smallest absolute Gasteiger partial charge is 0.124 e. The molecule has 0 amide bonds. The van der Waals surface area contributed by atoms with Crippen LogP contribution < -0.4 is 0 Å². The fourth-order valence-electron chi connectivity index (χ4n) is 2.84. The maximum atomic E-state index is 10.0. The average Bonchev–Trinajstić information content (AvgIpc) is 2.84. The molecular formula is C14H22N2O2S. The second kappa shape index (κ2) is 5.48. The molecule has 1 saturated heterocycles. The molecule has 0 bridgehead atoms. The highest BCUT2D eigenvalue weighted by Gasteiger charge is 2.29. The van der Waals surface area contributed by atoms with Gasteiger partial charge in [-0.1, -0.05) is 0 Å². The van der Waals surface area contributed by atoms with Crippen LogP contribution in [-0.4, -0.2) is 40.7 Å². The minimum atomic E-state index is -0.362. The van der Waals surface area contributed by atoms with E-state index in [9.17, 15) is 5.11 Å². The Labute approximate surface area is 118 Å². The largest absolute Gasteiger partial charge is 0.387 e. The van der Waals surface area contributed by atoms with Gasteiger partial charge in [-0.25, -0.2) is 4.98 Å². The standard InChI is InChI=1S/C14H22N2O2S/c1-9(2)16-6-7-18-11(8-16)14-15-13-10(17)4-3-5-12(13)19-14/h9-11,17H,3-8H2,1-2H3. The zero-order valence-electron chi connectivity index (χ0n) is 11.6. The Kier molecular flexibility index (Phi) is 3.89. The Morgan fingerprint density at radius 3 is 3.05 bits per heavy atom. The van der Waals surface area contributed by atoms with Crippen molar-refractivity contribution in [3.8, 4) is 0 Å². The van der Waals surface area contributed by atoms with Crippen molar-refractivity contribution < 1.29 is 9.84 Å². The van der Waals surface area contributed by atoms with Crippen LogP contribution in [-0.2, 0) is 11.2 Å². The minimum Gasteiger partial charge on any atom is -0.387 e. The van der Waals surface area contributed by atoms with Crippen LogP contribution in [0.4, 0.5) is 0 Å². The summed E-state index contributed by atoms with van der Waals surface area (Å²) in [5.41, 5.74) is 0.913. The van der Waals surface area contributed by atoms with E-state index in [-0.39, 0.29) is 12.2 Å². The molecule has 5 heteroatoms. The van der Waals surface area contributed by atoms with Crippen LogP contribution in [0, 0.1) is 0 Å². The number of rotatable bonds is 2. The average molecular weight is 282 g/mol. The molecule has 1 aliphatic carbocycles. The molecule has 2 unspecified atom stereocenters. The van der Waals surface area contributed by atoms with E-state index in [0.29, 0.717) is 6.04 Å². The molecule has 1 fully saturated rings. The normalized spacial score (nSPS) is 28.6. The lowest BCUT2D eigenvalue weighted by molar-refractivity contribution is -0.0404. The summed E-state index contributed by atoms with van der Waals surface area (Å²) >= 11 is 1.74. The zero-order chi connectivity index (χ0) is 13.4. The molecule has 2 aliphatic rings. The molecule has 0 spiro atoms. The number of aryl methyl sites for hydroxylation is 1. The lowest BCUT2D eigenvalue weighted by atomic mass is 10.0. The van der Waals surface area contributed by atoms with Gasteiger partial charge in [0.1, 0.15) is 11.1 Å². The Morgan fingerprint density at radius 1 is 1.47 bits per heavy atom. The summed E-state index contributed by atoms with van der Waals surface area (Å²) in [4.78, 5) is 8.36. The molecule has 4 nitrogen and oxygen atoms in total. The Bertz CT molecular complexity index is 447. The van der Waals surface area contributed by atoms with Gasteiger partial charge in [-0.15, -0.1) is 11.3 Å². The quantitative estimate of drug-likeness (QED) is 0.904. The monoisotopic (exact) mass is 282 g/mol. The number of nitrogens with zero attached hydrogens (tertiary/aromatic N) is 2. The fourth-order valence-corrected chi connectivity index (χ4v) is 4.04. The topological polar surface area (TPSA) is 45.6 Å². The summed E-state index contributed by atoms with van der Waals surface area (Å²) in [6, 6.07) is 0.548. The van der Waals surface area contributed by atoms with Crippen molar-refractivity contribution in [1.29, 1.82) is 0 Å². The number of aliphatic hydroxyl groups is 1. The van der Waals surface area contributed by atoms with Gasteiger partial charge in [-0.2, -0.15) is 0 Å². The van der Waals surface area contributed by atoms with Gasteiger partial charge in [-0.05, 0) is 33.1 Å². The second-order valence-electron chi connectivity index (χ2n) is 5.72. The first-order valence-corrected chi connectivity index (χ1v) is 8.00. The SMILES string of the molecule is CC(C)N1CCOC(c2nc3c(s2)CCCC3O)C1. The number of ether oxygens (including phenoxy) is 1. The Balaban J connectivity index is 1.78. The number of fused-ring (bicyclic) bond motifs is 1. The third kappa shape index (κ3) is 2.70. The van der Waals surface area contributed by atoms with Gasteiger partial charge < -0.3 is 9.84 Å².